The highest BCUT2D eigenvalue weighted by Crippen LogP contribution is 2.37. The molecule has 0 aliphatic heterocycles. The van der Waals surface area contributed by atoms with Gasteiger partial charge in [-0.05, 0) is 25.1 Å². The number of nitro groups is 2. The van der Waals surface area contributed by atoms with Crippen LogP contribution in [0, 0.1) is 27.2 Å². The van der Waals surface area contributed by atoms with Crippen LogP contribution >= 0.6 is 23.2 Å². The molecule has 166 valence electrons. The lowest BCUT2D eigenvalue weighted by Crippen LogP contribution is -2.14. The van der Waals surface area contributed by atoms with E-state index in [1.54, 1.807) is 18.2 Å². The van der Waals surface area contributed by atoms with Crippen molar-refractivity contribution in [1.29, 1.82) is 0 Å². The van der Waals surface area contributed by atoms with Gasteiger partial charge >= 0.3 is 11.7 Å². The maximum atomic E-state index is 12.6. The van der Waals surface area contributed by atoms with Crippen LogP contribution in [0.3, 0.4) is 0 Å². The van der Waals surface area contributed by atoms with E-state index in [4.69, 9.17) is 37.2 Å². The summed E-state index contributed by atoms with van der Waals surface area (Å²) in [6, 6.07) is 7.73. The van der Waals surface area contributed by atoms with Gasteiger partial charge in [-0.25, -0.2) is 4.79 Å². The Bertz CT molecular complexity index is 1190. The minimum atomic E-state index is -0.811. The Labute approximate surface area is 189 Å². The number of non-ortho nitro benzene ring substituents is 1. The molecule has 0 aliphatic carbocycles. The fourth-order valence-electron chi connectivity index (χ4n) is 2.75. The van der Waals surface area contributed by atoms with Gasteiger partial charge in [0.1, 0.15) is 30.2 Å². The molecule has 0 saturated heterocycles. The van der Waals surface area contributed by atoms with Crippen LogP contribution in [0.15, 0.2) is 40.9 Å². The molecule has 1 heterocycles. The van der Waals surface area contributed by atoms with Gasteiger partial charge in [0.25, 0.3) is 5.69 Å². The molecule has 3 rings (SSSR count). The molecule has 0 radical (unpaired) electrons. The normalized spacial score (nSPS) is 10.6. The second kappa shape index (κ2) is 9.62. The summed E-state index contributed by atoms with van der Waals surface area (Å²) < 4.78 is 15.5. The minimum absolute atomic E-state index is 0.0151. The number of nitro benzene ring substituents is 2. The number of esters is 1. The van der Waals surface area contributed by atoms with Gasteiger partial charge in [-0.15, -0.1) is 0 Å². The third-order valence-electron chi connectivity index (χ3n) is 4.19. The van der Waals surface area contributed by atoms with Crippen molar-refractivity contribution in [3.05, 3.63) is 78.0 Å². The van der Waals surface area contributed by atoms with E-state index in [0.29, 0.717) is 5.56 Å². The largest absolute Gasteiger partial charge is 0.483 e. The summed E-state index contributed by atoms with van der Waals surface area (Å²) in [7, 11) is 0. The minimum Gasteiger partial charge on any atom is -0.483 e. The average molecular weight is 482 g/mol. The van der Waals surface area contributed by atoms with Gasteiger partial charge in [-0.3, -0.25) is 20.2 Å². The third kappa shape index (κ3) is 4.79. The highest BCUT2D eigenvalue weighted by atomic mass is 35.5. The second-order valence-corrected chi connectivity index (χ2v) is 7.02. The van der Waals surface area contributed by atoms with Crippen LogP contribution in [0.25, 0.3) is 11.3 Å². The number of rotatable bonds is 8. The Hall–Kier alpha value is -3.70. The van der Waals surface area contributed by atoms with E-state index in [0.717, 1.165) is 18.2 Å². The Kier molecular flexibility index (Phi) is 6.91. The standard InChI is InChI=1S/C19H13Cl2N3O8/c1-10-16(18(22-32-10)17-12(20)3-2-4-13(17)21)19(25)31-8-7-30-15-6-5-11(23(26)27)9-14(15)24(28)29/h2-6,9H,7-8H2,1H3. The lowest BCUT2D eigenvalue weighted by molar-refractivity contribution is -0.394. The molecule has 2 aromatic carbocycles. The van der Waals surface area contributed by atoms with E-state index < -0.39 is 27.2 Å². The summed E-state index contributed by atoms with van der Waals surface area (Å²) in [6.45, 7) is 0.971. The van der Waals surface area contributed by atoms with E-state index >= 15 is 0 Å². The fourth-order valence-corrected chi connectivity index (χ4v) is 3.33. The summed E-state index contributed by atoms with van der Waals surface area (Å²) in [5, 5.41) is 26.3. The first-order chi connectivity index (χ1) is 15.2. The lowest BCUT2D eigenvalue weighted by atomic mass is 10.1. The number of hydrogen-bond donors (Lipinski definition) is 0. The van der Waals surface area contributed by atoms with Crippen molar-refractivity contribution in [1.82, 2.24) is 5.16 Å². The Morgan fingerprint density at radius 3 is 2.41 bits per heavy atom. The van der Waals surface area contributed by atoms with E-state index in [2.05, 4.69) is 5.16 Å². The van der Waals surface area contributed by atoms with Crippen molar-refractivity contribution in [2.24, 2.45) is 0 Å². The lowest BCUT2D eigenvalue weighted by Gasteiger charge is -2.09. The molecule has 0 saturated carbocycles. The molecule has 0 atom stereocenters. The molecule has 32 heavy (non-hydrogen) atoms. The van der Waals surface area contributed by atoms with Crippen molar-refractivity contribution < 1.29 is 28.6 Å². The van der Waals surface area contributed by atoms with Gasteiger partial charge in [-0.2, -0.15) is 0 Å². The number of halogens is 2. The maximum Gasteiger partial charge on any atom is 0.344 e. The van der Waals surface area contributed by atoms with Crippen LogP contribution in [0.5, 0.6) is 5.75 Å². The number of carbonyl (C=O) groups is 1. The van der Waals surface area contributed by atoms with Crippen LogP contribution < -0.4 is 4.74 Å². The zero-order valence-corrected chi connectivity index (χ0v) is 17.8. The fraction of sp³-hybridized carbons (Fsp3) is 0.158. The van der Waals surface area contributed by atoms with Crippen molar-refractivity contribution in [3.8, 4) is 17.0 Å². The Morgan fingerprint density at radius 2 is 1.78 bits per heavy atom. The van der Waals surface area contributed by atoms with Gasteiger partial charge in [0.2, 0.25) is 0 Å². The maximum absolute atomic E-state index is 12.6. The molecule has 0 bridgehead atoms. The number of nitrogens with zero attached hydrogens (tertiary/aromatic N) is 3. The molecule has 1 aromatic heterocycles. The SMILES string of the molecule is Cc1onc(-c2c(Cl)cccc2Cl)c1C(=O)OCCOc1ccc([N+](=O)[O-])cc1[N+](=O)[O-]. The molecule has 0 N–H and O–H groups in total. The van der Waals surface area contributed by atoms with Gasteiger partial charge < -0.3 is 14.0 Å². The zero-order valence-electron chi connectivity index (χ0n) is 16.2. The first-order valence-corrected chi connectivity index (χ1v) is 9.59. The quantitative estimate of drug-likeness (QED) is 0.187. The number of hydrogen-bond acceptors (Lipinski definition) is 9. The number of aromatic nitrogens is 1. The number of benzene rings is 2. The van der Waals surface area contributed by atoms with Crippen LogP contribution in [0.1, 0.15) is 16.1 Å². The topological polar surface area (TPSA) is 148 Å². The first-order valence-electron chi connectivity index (χ1n) is 8.84. The highest BCUT2D eigenvalue weighted by Gasteiger charge is 2.26. The van der Waals surface area contributed by atoms with E-state index in [1.165, 1.54) is 6.92 Å². The monoisotopic (exact) mass is 481 g/mol. The smallest absolute Gasteiger partial charge is 0.344 e. The average Bonchev–Trinajstić information content (AvgIpc) is 3.11. The third-order valence-corrected chi connectivity index (χ3v) is 4.82. The van der Waals surface area contributed by atoms with Crippen molar-refractivity contribution in [2.45, 2.75) is 6.92 Å². The summed E-state index contributed by atoms with van der Waals surface area (Å²) in [6.07, 6.45) is 0. The molecule has 11 nitrogen and oxygen atoms in total. The van der Waals surface area contributed by atoms with Crippen LogP contribution in [-0.2, 0) is 4.74 Å². The second-order valence-electron chi connectivity index (χ2n) is 6.21. The van der Waals surface area contributed by atoms with Gasteiger partial charge in [0.15, 0.2) is 5.75 Å². The van der Waals surface area contributed by atoms with Crippen molar-refractivity contribution >= 4 is 40.5 Å². The molecular formula is C19H13Cl2N3O8. The summed E-state index contributed by atoms with van der Waals surface area (Å²) >= 11 is 12.4. The molecule has 3 aromatic rings. The Morgan fingerprint density at radius 1 is 1.09 bits per heavy atom. The molecule has 0 fully saturated rings. The van der Waals surface area contributed by atoms with E-state index in [1.807, 2.05) is 0 Å². The summed E-state index contributed by atoms with van der Waals surface area (Å²) in [5.74, 6) is -0.828. The molecule has 0 amide bonds. The predicted octanol–water partition coefficient (Wildman–Crippen LogP) is 5.01. The van der Waals surface area contributed by atoms with Gasteiger partial charge in [-0.1, -0.05) is 34.4 Å². The number of aryl methyl sites for hydroxylation is 1. The molecular weight excluding hydrogens is 469 g/mol. The van der Waals surface area contributed by atoms with Crippen molar-refractivity contribution in [3.63, 3.8) is 0 Å². The predicted molar refractivity (Wildman–Crippen MR) is 112 cm³/mol. The van der Waals surface area contributed by atoms with Gasteiger partial charge in [0.05, 0.1) is 26.0 Å². The molecule has 0 aliphatic rings. The zero-order chi connectivity index (χ0) is 23.4. The van der Waals surface area contributed by atoms with Crippen LogP contribution in [0.2, 0.25) is 10.0 Å². The van der Waals surface area contributed by atoms with E-state index in [-0.39, 0.29) is 46.0 Å². The number of carbonyl (C=O) groups excluding carboxylic acids is 1. The van der Waals surface area contributed by atoms with Crippen LogP contribution in [0.4, 0.5) is 11.4 Å². The number of ether oxygens (including phenoxy) is 2. The van der Waals surface area contributed by atoms with E-state index in [9.17, 15) is 25.0 Å². The Balaban J connectivity index is 1.70. The molecule has 13 heteroatoms. The van der Waals surface area contributed by atoms with Gasteiger partial charge in [0, 0.05) is 11.6 Å². The summed E-state index contributed by atoms with van der Waals surface area (Å²) in [5.41, 5.74) is -0.617. The van der Waals surface area contributed by atoms with Crippen molar-refractivity contribution in [2.75, 3.05) is 13.2 Å². The first kappa shape index (κ1) is 23.0. The highest BCUT2D eigenvalue weighted by molar-refractivity contribution is 6.39. The molecule has 0 spiro atoms. The summed E-state index contributed by atoms with van der Waals surface area (Å²) in [4.78, 5) is 33.0. The van der Waals surface area contributed by atoms with Crippen LogP contribution in [-0.4, -0.2) is 34.2 Å². The molecule has 0 unspecified atom stereocenters.